The molecule has 2 aromatic rings. The van der Waals surface area contributed by atoms with Gasteiger partial charge in [0.25, 0.3) is 0 Å². The lowest BCUT2D eigenvalue weighted by Gasteiger charge is -2.14. The van der Waals surface area contributed by atoms with Crippen molar-refractivity contribution in [1.29, 1.82) is 0 Å². The van der Waals surface area contributed by atoms with Crippen molar-refractivity contribution >= 4 is 22.4 Å². The number of rotatable bonds is 5. The third kappa shape index (κ3) is 3.59. The number of carbonyl (C=O) groups excluding carboxylic acids is 1. The quantitative estimate of drug-likeness (QED) is 0.841. The molecule has 0 unspecified atom stereocenters. The number of aryl methyl sites for hydroxylation is 1. The van der Waals surface area contributed by atoms with Crippen LogP contribution in [0.3, 0.4) is 0 Å². The van der Waals surface area contributed by atoms with Crippen LogP contribution in [0, 0.1) is 18.6 Å². The summed E-state index contributed by atoms with van der Waals surface area (Å²) in [5, 5.41) is 3.50. The minimum Gasteiger partial charge on any atom is -0.462 e. The molecular weight excluding hydrogens is 310 g/mol. The van der Waals surface area contributed by atoms with Crippen LogP contribution in [0.4, 0.5) is 13.9 Å². The molecule has 2 rings (SSSR count). The highest BCUT2D eigenvalue weighted by atomic mass is 32.1. The molecule has 0 saturated carbocycles. The van der Waals surface area contributed by atoms with E-state index in [1.807, 2.05) is 0 Å². The highest BCUT2D eigenvalue weighted by Crippen LogP contribution is 2.28. The smallest absolute Gasteiger partial charge is 0.350 e. The zero-order chi connectivity index (χ0) is 16.3. The summed E-state index contributed by atoms with van der Waals surface area (Å²) >= 11 is 1.15. The fourth-order valence-corrected chi connectivity index (χ4v) is 2.91. The molecule has 0 spiro atoms. The SMILES string of the molecule is CCOC(=O)c1sc(N[C@@H](C)c2ccc(F)cc2F)nc1C. The van der Waals surface area contributed by atoms with Crippen LogP contribution in [0.5, 0.6) is 0 Å². The first kappa shape index (κ1) is 16.4. The number of carbonyl (C=O) groups is 1. The topological polar surface area (TPSA) is 51.2 Å². The van der Waals surface area contributed by atoms with E-state index < -0.39 is 23.6 Å². The molecule has 1 N–H and O–H groups in total. The molecule has 0 fully saturated rings. The van der Waals surface area contributed by atoms with E-state index in [4.69, 9.17) is 4.74 Å². The summed E-state index contributed by atoms with van der Waals surface area (Å²) in [5.74, 6) is -1.67. The summed E-state index contributed by atoms with van der Waals surface area (Å²) in [7, 11) is 0. The first-order valence-corrected chi connectivity index (χ1v) is 7.60. The van der Waals surface area contributed by atoms with E-state index in [0.29, 0.717) is 21.3 Å². The summed E-state index contributed by atoms with van der Waals surface area (Å²) in [5.41, 5.74) is 0.879. The van der Waals surface area contributed by atoms with Crippen molar-refractivity contribution in [2.45, 2.75) is 26.8 Å². The lowest BCUT2D eigenvalue weighted by atomic mass is 10.1. The van der Waals surface area contributed by atoms with E-state index in [2.05, 4.69) is 10.3 Å². The molecule has 0 aliphatic rings. The Morgan fingerprint density at radius 1 is 1.45 bits per heavy atom. The predicted octanol–water partition coefficient (Wildman–Crippen LogP) is 4.08. The molecule has 1 atom stereocenters. The van der Waals surface area contributed by atoms with Crippen molar-refractivity contribution < 1.29 is 18.3 Å². The van der Waals surface area contributed by atoms with Gasteiger partial charge < -0.3 is 10.1 Å². The Morgan fingerprint density at radius 3 is 2.82 bits per heavy atom. The highest BCUT2D eigenvalue weighted by Gasteiger charge is 2.18. The van der Waals surface area contributed by atoms with Crippen LogP contribution in [0.15, 0.2) is 18.2 Å². The second kappa shape index (κ2) is 6.83. The predicted molar refractivity (Wildman–Crippen MR) is 81.2 cm³/mol. The van der Waals surface area contributed by atoms with Gasteiger partial charge in [-0.2, -0.15) is 0 Å². The number of thiazole rings is 1. The Balaban J connectivity index is 2.16. The van der Waals surface area contributed by atoms with Gasteiger partial charge in [0, 0.05) is 11.6 Å². The monoisotopic (exact) mass is 326 g/mol. The van der Waals surface area contributed by atoms with Crippen molar-refractivity contribution in [2.24, 2.45) is 0 Å². The summed E-state index contributed by atoms with van der Waals surface area (Å²) in [6.07, 6.45) is 0. The average molecular weight is 326 g/mol. The van der Waals surface area contributed by atoms with Gasteiger partial charge >= 0.3 is 5.97 Å². The fourth-order valence-electron chi connectivity index (χ4n) is 1.96. The number of ether oxygens (including phenoxy) is 1. The third-order valence-electron chi connectivity index (χ3n) is 3.03. The number of nitrogens with zero attached hydrogens (tertiary/aromatic N) is 1. The van der Waals surface area contributed by atoms with Crippen molar-refractivity contribution in [1.82, 2.24) is 4.98 Å². The van der Waals surface area contributed by atoms with Crippen LogP contribution in [-0.2, 0) is 4.74 Å². The van der Waals surface area contributed by atoms with Crippen LogP contribution < -0.4 is 5.32 Å². The number of hydrogen-bond donors (Lipinski definition) is 1. The molecule has 0 radical (unpaired) electrons. The summed E-state index contributed by atoms with van der Waals surface area (Å²) < 4.78 is 31.6. The van der Waals surface area contributed by atoms with Gasteiger partial charge in [-0.3, -0.25) is 0 Å². The lowest BCUT2D eigenvalue weighted by molar-refractivity contribution is 0.0531. The molecule has 0 saturated heterocycles. The van der Waals surface area contributed by atoms with E-state index in [0.717, 1.165) is 17.4 Å². The van der Waals surface area contributed by atoms with Crippen LogP contribution in [0.1, 0.15) is 40.8 Å². The third-order valence-corrected chi connectivity index (χ3v) is 4.10. The molecule has 22 heavy (non-hydrogen) atoms. The normalized spacial score (nSPS) is 12.0. The van der Waals surface area contributed by atoms with Gasteiger partial charge in [-0.15, -0.1) is 0 Å². The molecular formula is C15H16F2N2O2S. The standard InChI is InChI=1S/C15H16F2N2O2S/c1-4-21-14(20)13-9(3)19-15(22-13)18-8(2)11-6-5-10(16)7-12(11)17/h5-8H,4H2,1-3H3,(H,18,19)/t8-/m0/s1. The number of esters is 1. The zero-order valence-electron chi connectivity index (χ0n) is 12.4. The Hall–Kier alpha value is -2.02. The van der Waals surface area contributed by atoms with Gasteiger partial charge in [-0.05, 0) is 26.8 Å². The van der Waals surface area contributed by atoms with Crippen molar-refractivity contribution in [3.63, 3.8) is 0 Å². The number of halogens is 2. The molecule has 0 amide bonds. The minimum absolute atomic E-state index is 0.288. The molecule has 0 aliphatic heterocycles. The summed E-state index contributed by atoms with van der Waals surface area (Å²) in [6, 6.07) is 3.01. The summed E-state index contributed by atoms with van der Waals surface area (Å²) in [4.78, 5) is 16.4. The van der Waals surface area contributed by atoms with Gasteiger partial charge in [0.1, 0.15) is 16.5 Å². The zero-order valence-corrected chi connectivity index (χ0v) is 13.3. The van der Waals surface area contributed by atoms with Gasteiger partial charge in [-0.1, -0.05) is 17.4 Å². The Morgan fingerprint density at radius 2 is 2.18 bits per heavy atom. The first-order chi connectivity index (χ1) is 10.4. The van der Waals surface area contributed by atoms with E-state index in [1.54, 1.807) is 20.8 Å². The number of aromatic nitrogens is 1. The minimum atomic E-state index is -0.626. The van der Waals surface area contributed by atoms with Crippen molar-refractivity contribution in [2.75, 3.05) is 11.9 Å². The Labute approximate surface area is 131 Å². The molecule has 4 nitrogen and oxygen atoms in total. The fraction of sp³-hybridized carbons (Fsp3) is 0.333. The Kier molecular flexibility index (Phi) is 5.07. The molecule has 0 aliphatic carbocycles. The molecule has 1 aromatic carbocycles. The Bertz CT molecular complexity index is 688. The van der Waals surface area contributed by atoms with Gasteiger partial charge in [-0.25, -0.2) is 18.6 Å². The maximum absolute atomic E-state index is 13.7. The van der Waals surface area contributed by atoms with Crippen LogP contribution in [0.2, 0.25) is 0 Å². The highest BCUT2D eigenvalue weighted by molar-refractivity contribution is 7.17. The maximum Gasteiger partial charge on any atom is 0.350 e. The largest absolute Gasteiger partial charge is 0.462 e. The van der Waals surface area contributed by atoms with Gasteiger partial charge in [0.2, 0.25) is 0 Å². The summed E-state index contributed by atoms with van der Waals surface area (Å²) in [6.45, 7) is 5.46. The molecule has 1 aromatic heterocycles. The van der Waals surface area contributed by atoms with Crippen LogP contribution >= 0.6 is 11.3 Å². The van der Waals surface area contributed by atoms with Crippen molar-refractivity contribution in [3.8, 4) is 0 Å². The number of anilines is 1. The second-order valence-corrected chi connectivity index (χ2v) is 5.68. The van der Waals surface area contributed by atoms with Gasteiger partial charge in [0.05, 0.1) is 18.3 Å². The first-order valence-electron chi connectivity index (χ1n) is 6.78. The van der Waals surface area contributed by atoms with E-state index in [-0.39, 0.29) is 6.61 Å². The maximum atomic E-state index is 13.7. The molecule has 0 bridgehead atoms. The lowest BCUT2D eigenvalue weighted by Crippen LogP contribution is -2.08. The van der Waals surface area contributed by atoms with Crippen molar-refractivity contribution in [3.05, 3.63) is 46.0 Å². The van der Waals surface area contributed by atoms with Crippen LogP contribution in [0.25, 0.3) is 0 Å². The molecule has 118 valence electrons. The molecule has 1 heterocycles. The second-order valence-electron chi connectivity index (χ2n) is 4.69. The number of hydrogen-bond acceptors (Lipinski definition) is 5. The molecule has 7 heteroatoms. The number of nitrogens with one attached hydrogen (secondary N) is 1. The number of benzene rings is 1. The van der Waals surface area contributed by atoms with Crippen LogP contribution in [-0.4, -0.2) is 17.6 Å². The average Bonchev–Trinajstić information content (AvgIpc) is 2.79. The van der Waals surface area contributed by atoms with E-state index in [9.17, 15) is 13.6 Å². The van der Waals surface area contributed by atoms with E-state index >= 15 is 0 Å². The van der Waals surface area contributed by atoms with E-state index in [1.165, 1.54) is 12.1 Å². The van der Waals surface area contributed by atoms with Gasteiger partial charge in [0.15, 0.2) is 5.13 Å².